The van der Waals surface area contributed by atoms with E-state index < -0.39 is 0 Å². The number of phenolic OH excluding ortho intramolecular Hbond substituents is 1. The summed E-state index contributed by atoms with van der Waals surface area (Å²) in [4.78, 5) is 15.1. The first kappa shape index (κ1) is 13.7. The van der Waals surface area contributed by atoms with E-state index in [1.54, 1.807) is 12.1 Å². The average molecular weight is 299 g/mol. The predicted molar refractivity (Wildman–Crippen MR) is 60.0 cm³/mol. The Kier molecular flexibility index (Phi) is 4.72. The highest BCUT2D eigenvalue weighted by Crippen LogP contribution is 2.10. The summed E-state index contributed by atoms with van der Waals surface area (Å²) >= 11 is 0. The number of ketones is 1. The number of halogens is 1. The van der Waals surface area contributed by atoms with Gasteiger partial charge in [-0.2, -0.15) is 0 Å². The van der Waals surface area contributed by atoms with Crippen molar-refractivity contribution in [1.29, 1.82) is 0 Å². The number of quaternary nitrogens is 1. The van der Waals surface area contributed by atoms with Crippen molar-refractivity contribution in [2.45, 2.75) is 0 Å². The second-order valence-electron chi connectivity index (χ2n) is 4.04. The zero-order valence-electron chi connectivity index (χ0n) is 9.56. The van der Waals surface area contributed by atoms with E-state index in [1.807, 2.05) is 24.3 Å². The molecule has 1 unspecified atom stereocenters. The molecule has 0 saturated carbocycles. The lowest BCUT2D eigenvalue weighted by molar-refractivity contribution is -0.826. The Morgan fingerprint density at radius 1 is 1.41 bits per heavy atom. The number of benzene rings is 1. The van der Waals surface area contributed by atoms with E-state index in [0.717, 1.165) is 6.67 Å². The first-order valence-corrected chi connectivity index (χ1v) is 5.22. The Bertz CT molecular complexity index is 417. The Labute approximate surface area is 111 Å². The molecule has 0 saturated heterocycles. The van der Waals surface area contributed by atoms with Crippen LogP contribution in [0.4, 0.5) is 0 Å². The molecule has 0 bridgehead atoms. The summed E-state index contributed by atoms with van der Waals surface area (Å²) in [5.41, 5.74) is 0.635. The van der Waals surface area contributed by atoms with Gasteiger partial charge in [0.1, 0.15) is 11.9 Å². The smallest absolute Gasteiger partial charge is 0.182 e. The highest BCUT2D eigenvalue weighted by molar-refractivity contribution is 5.97. The second-order valence-corrected chi connectivity index (χ2v) is 4.04. The highest BCUT2D eigenvalue weighted by Gasteiger charge is 2.16. The molecule has 1 aliphatic rings. The van der Waals surface area contributed by atoms with Gasteiger partial charge in [-0.15, -0.1) is 0 Å². The van der Waals surface area contributed by atoms with Gasteiger partial charge in [0, 0.05) is 5.56 Å². The molecule has 1 aliphatic heterocycles. The van der Waals surface area contributed by atoms with Gasteiger partial charge in [-0.25, -0.2) is 0 Å². The Hall–Kier alpha value is -1.33. The first-order chi connectivity index (χ1) is 7.65. The summed E-state index contributed by atoms with van der Waals surface area (Å²) in [6, 6.07) is 6.36. The number of carbonyl (C=O) groups is 1. The van der Waals surface area contributed by atoms with E-state index in [1.165, 1.54) is 17.0 Å². The third kappa shape index (κ3) is 3.57. The maximum Gasteiger partial charge on any atom is 0.182 e. The van der Waals surface area contributed by atoms with Crippen LogP contribution in [0.1, 0.15) is 10.4 Å². The molecule has 1 aromatic rings. The van der Waals surface area contributed by atoms with Gasteiger partial charge in [0.05, 0.1) is 19.8 Å². The number of carbonyl (C=O) groups excluding carboxylic acids is 1. The fourth-order valence-corrected chi connectivity index (χ4v) is 1.69. The molecule has 0 radical (unpaired) electrons. The fraction of sp³-hybridized carbons (Fsp3) is 0.250. The highest BCUT2D eigenvalue weighted by atomic mass is 79.9. The Morgan fingerprint density at radius 3 is 2.59 bits per heavy atom. The summed E-state index contributed by atoms with van der Waals surface area (Å²) in [7, 11) is 2.04. The van der Waals surface area contributed by atoms with Crippen LogP contribution < -0.4 is 21.9 Å². The minimum atomic E-state index is 0. The number of Topliss-reactive ketones (excluding diaryl/α,β-unsaturated/α-hetero) is 1. The maximum absolute atomic E-state index is 11.9. The van der Waals surface area contributed by atoms with Crippen LogP contribution in [0, 0.1) is 0 Å². The monoisotopic (exact) mass is 298 g/mol. The second kappa shape index (κ2) is 5.84. The molecule has 0 aliphatic carbocycles. The van der Waals surface area contributed by atoms with E-state index in [2.05, 4.69) is 0 Å². The number of hydrogen-bond acceptors (Lipinski definition) is 3. The lowest BCUT2D eigenvalue weighted by Crippen LogP contribution is -3.03. The van der Waals surface area contributed by atoms with Crippen LogP contribution in [0.2, 0.25) is 0 Å². The molecule has 0 spiro atoms. The first-order valence-electron chi connectivity index (χ1n) is 5.22. The third-order valence-corrected chi connectivity index (χ3v) is 2.56. The molecule has 1 aromatic carbocycles. The molecule has 92 valence electrons. The number of nitrogens with one attached hydrogen (secondary N) is 1. The number of nitrogens with zero attached hydrogens (tertiary/aromatic N) is 1. The summed E-state index contributed by atoms with van der Waals surface area (Å²) in [5.74, 6) is 0.251. The third-order valence-electron chi connectivity index (χ3n) is 2.56. The van der Waals surface area contributed by atoms with E-state index in [-0.39, 0.29) is 28.5 Å². The SMILES string of the molecule is C[NH+]1C=CN(CC(=O)c2ccc(O)cc2)C1.[Br-]. The molecular weight excluding hydrogens is 284 g/mol. The normalized spacial score (nSPS) is 17.9. The zero-order chi connectivity index (χ0) is 11.5. The predicted octanol–water partition coefficient (Wildman–Crippen LogP) is -3.16. The molecule has 1 atom stereocenters. The number of aromatic hydroxyl groups is 1. The summed E-state index contributed by atoms with van der Waals surface area (Å²) < 4.78 is 0. The minimum absolute atomic E-state index is 0. The van der Waals surface area contributed by atoms with Gasteiger partial charge in [0.25, 0.3) is 0 Å². The molecule has 17 heavy (non-hydrogen) atoms. The molecular formula is C12H15BrN2O2. The summed E-state index contributed by atoms with van der Waals surface area (Å²) in [6.07, 6.45) is 3.96. The van der Waals surface area contributed by atoms with Gasteiger partial charge in [-0.1, -0.05) is 0 Å². The van der Waals surface area contributed by atoms with Crippen molar-refractivity contribution < 1.29 is 31.8 Å². The van der Waals surface area contributed by atoms with Crippen molar-refractivity contribution in [2.24, 2.45) is 0 Å². The molecule has 4 nitrogen and oxygen atoms in total. The van der Waals surface area contributed by atoms with Crippen LogP contribution in [0.15, 0.2) is 36.7 Å². The molecule has 1 heterocycles. The van der Waals surface area contributed by atoms with Gasteiger partial charge in [-0.05, 0) is 24.3 Å². The molecule has 2 N–H and O–H groups in total. The fourth-order valence-electron chi connectivity index (χ4n) is 1.69. The molecule has 2 rings (SSSR count). The number of rotatable bonds is 3. The molecule has 0 fully saturated rings. The van der Waals surface area contributed by atoms with Crippen molar-refractivity contribution in [3.05, 3.63) is 42.2 Å². The summed E-state index contributed by atoms with van der Waals surface area (Å²) in [6.45, 7) is 1.21. The topological polar surface area (TPSA) is 45.0 Å². The minimum Gasteiger partial charge on any atom is -1.00 e. The van der Waals surface area contributed by atoms with E-state index in [4.69, 9.17) is 5.11 Å². The van der Waals surface area contributed by atoms with Gasteiger partial charge in [-0.3, -0.25) is 9.69 Å². The van der Waals surface area contributed by atoms with Gasteiger partial charge in [0.2, 0.25) is 0 Å². The van der Waals surface area contributed by atoms with Gasteiger partial charge >= 0.3 is 0 Å². The molecule has 0 amide bonds. The number of phenols is 1. The average Bonchev–Trinajstić information content (AvgIpc) is 2.65. The van der Waals surface area contributed by atoms with Crippen molar-refractivity contribution in [2.75, 3.05) is 20.3 Å². The van der Waals surface area contributed by atoms with Crippen LogP contribution in [0.25, 0.3) is 0 Å². The van der Waals surface area contributed by atoms with Crippen molar-refractivity contribution >= 4 is 5.78 Å². The van der Waals surface area contributed by atoms with Crippen LogP contribution in [-0.2, 0) is 0 Å². The lowest BCUT2D eigenvalue weighted by Gasteiger charge is -2.13. The van der Waals surface area contributed by atoms with Crippen molar-refractivity contribution in [3.63, 3.8) is 0 Å². The number of hydrogen-bond donors (Lipinski definition) is 2. The van der Waals surface area contributed by atoms with E-state index in [9.17, 15) is 4.79 Å². The Balaban J connectivity index is 0.00000144. The van der Waals surface area contributed by atoms with Crippen molar-refractivity contribution in [3.8, 4) is 5.75 Å². The quantitative estimate of drug-likeness (QED) is 0.579. The van der Waals surface area contributed by atoms with Crippen LogP contribution in [-0.4, -0.2) is 36.1 Å². The molecule has 0 aromatic heterocycles. The van der Waals surface area contributed by atoms with Crippen LogP contribution >= 0.6 is 0 Å². The summed E-state index contributed by atoms with van der Waals surface area (Å²) in [5, 5.41) is 9.12. The van der Waals surface area contributed by atoms with Gasteiger partial charge in [0.15, 0.2) is 12.5 Å². The molecule has 5 heteroatoms. The zero-order valence-corrected chi connectivity index (χ0v) is 11.1. The Morgan fingerprint density at radius 2 is 2.06 bits per heavy atom. The maximum atomic E-state index is 11.9. The van der Waals surface area contributed by atoms with Crippen LogP contribution in [0.3, 0.4) is 0 Å². The largest absolute Gasteiger partial charge is 1.00 e. The van der Waals surface area contributed by atoms with Crippen molar-refractivity contribution in [1.82, 2.24) is 4.90 Å². The lowest BCUT2D eigenvalue weighted by atomic mass is 10.1. The van der Waals surface area contributed by atoms with Crippen LogP contribution in [0.5, 0.6) is 5.75 Å². The van der Waals surface area contributed by atoms with E-state index >= 15 is 0 Å². The van der Waals surface area contributed by atoms with E-state index in [0.29, 0.717) is 12.1 Å². The standard InChI is InChI=1S/C12H14N2O2.BrH/c1-13-6-7-14(9-13)8-12(16)10-2-4-11(15)5-3-10;/h2-7,15H,8-9H2,1H3;1H. The van der Waals surface area contributed by atoms with Gasteiger partial charge < -0.3 is 27.0 Å².